The maximum absolute atomic E-state index is 12.4. The van der Waals surface area contributed by atoms with Gasteiger partial charge in [0, 0.05) is 5.56 Å². The van der Waals surface area contributed by atoms with Crippen LogP contribution in [-0.4, -0.2) is 38.6 Å². The lowest BCUT2D eigenvalue weighted by Crippen LogP contribution is -2.16. The highest BCUT2D eigenvalue weighted by Gasteiger charge is 2.18. The van der Waals surface area contributed by atoms with E-state index in [2.05, 4.69) is 36.3 Å². The van der Waals surface area contributed by atoms with Gasteiger partial charge in [-0.3, -0.25) is 4.79 Å². The third kappa shape index (κ3) is 4.25. The van der Waals surface area contributed by atoms with E-state index in [1.807, 2.05) is 12.1 Å². The second-order valence-electron chi connectivity index (χ2n) is 7.10. The second-order valence-corrected chi connectivity index (χ2v) is 7.10. The van der Waals surface area contributed by atoms with E-state index in [0.717, 1.165) is 5.56 Å². The first-order valence-corrected chi connectivity index (χ1v) is 8.49. The molecule has 7 nitrogen and oxygen atoms in total. The highest BCUT2D eigenvalue weighted by atomic mass is 16.5. The molecule has 3 rings (SSSR count). The monoisotopic (exact) mass is 364 g/mol. The van der Waals surface area contributed by atoms with Crippen LogP contribution >= 0.6 is 0 Å². The van der Waals surface area contributed by atoms with Crippen LogP contribution in [0.4, 0.5) is 0 Å². The predicted octanol–water partition coefficient (Wildman–Crippen LogP) is 3.00. The summed E-state index contributed by atoms with van der Waals surface area (Å²) in [6.45, 7) is 5.98. The maximum Gasteiger partial charge on any atom is 0.340 e. The summed E-state index contributed by atoms with van der Waals surface area (Å²) < 4.78 is 6.57. The van der Waals surface area contributed by atoms with Crippen LogP contribution in [0.3, 0.4) is 0 Å². The molecule has 0 aliphatic heterocycles. The lowest BCUT2D eigenvalue weighted by Gasteiger charge is -2.19. The van der Waals surface area contributed by atoms with Gasteiger partial charge in [0.15, 0.2) is 12.4 Å². The van der Waals surface area contributed by atoms with Crippen molar-refractivity contribution in [2.45, 2.75) is 26.2 Å². The number of nitrogens with zero attached hydrogens (tertiary/aromatic N) is 4. The van der Waals surface area contributed by atoms with Crippen molar-refractivity contribution in [2.24, 2.45) is 0 Å². The minimum Gasteiger partial charge on any atom is -0.454 e. The van der Waals surface area contributed by atoms with Crippen LogP contribution in [0.1, 0.15) is 47.1 Å². The van der Waals surface area contributed by atoms with Gasteiger partial charge in [0.25, 0.3) is 0 Å². The highest BCUT2D eigenvalue weighted by molar-refractivity contribution is 6.00. The number of hydrogen-bond donors (Lipinski definition) is 0. The first-order valence-electron chi connectivity index (χ1n) is 8.49. The second kappa shape index (κ2) is 7.49. The smallest absolute Gasteiger partial charge is 0.340 e. The number of carbonyl (C=O) groups excluding carboxylic acids is 2. The topological polar surface area (TPSA) is 87.0 Å². The zero-order valence-corrected chi connectivity index (χ0v) is 15.4. The lowest BCUT2D eigenvalue weighted by molar-refractivity contribution is 0.0474. The molecule has 0 amide bonds. The minimum atomic E-state index is -0.610. The average Bonchev–Trinajstić information content (AvgIpc) is 3.20. The summed E-state index contributed by atoms with van der Waals surface area (Å²) in [6, 6.07) is 14.1. The fourth-order valence-electron chi connectivity index (χ4n) is 2.57. The standard InChI is InChI=1S/C20H20N4O3/c1-20(2,3)15-10-8-14(9-11-15)18(25)12-27-19(26)16-6-4-5-7-17(16)24-13-21-22-23-24/h4-11,13H,12H2,1-3H3. The number of esters is 1. The van der Waals surface area contributed by atoms with E-state index in [9.17, 15) is 9.59 Å². The van der Waals surface area contributed by atoms with Crippen LogP contribution in [-0.2, 0) is 10.2 Å². The van der Waals surface area contributed by atoms with Gasteiger partial charge in [0.05, 0.1) is 11.3 Å². The van der Waals surface area contributed by atoms with Crippen LogP contribution < -0.4 is 0 Å². The Hall–Kier alpha value is -3.35. The number of tetrazole rings is 1. The molecule has 0 spiro atoms. The first-order chi connectivity index (χ1) is 12.9. The summed E-state index contributed by atoms with van der Waals surface area (Å²) in [5.41, 5.74) is 2.40. The molecule has 0 aliphatic carbocycles. The lowest BCUT2D eigenvalue weighted by atomic mass is 9.86. The molecule has 0 unspecified atom stereocenters. The van der Waals surface area contributed by atoms with Gasteiger partial charge in [-0.1, -0.05) is 57.2 Å². The Morgan fingerprint density at radius 2 is 1.74 bits per heavy atom. The van der Waals surface area contributed by atoms with E-state index in [4.69, 9.17) is 4.74 Å². The van der Waals surface area contributed by atoms with E-state index < -0.39 is 5.97 Å². The average molecular weight is 364 g/mol. The molecule has 2 aromatic carbocycles. The number of ether oxygens (including phenoxy) is 1. The Bertz CT molecular complexity index is 942. The largest absolute Gasteiger partial charge is 0.454 e. The number of rotatable bonds is 5. The zero-order chi connectivity index (χ0) is 19.4. The van der Waals surface area contributed by atoms with Gasteiger partial charge in [-0.05, 0) is 33.5 Å². The molecule has 1 aromatic heterocycles. The Kier molecular flexibility index (Phi) is 5.12. The summed E-state index contributed by atoms with van der Waals surface area (Å²) in [6.07, 6.45) is 1.38. The molecular formula is C20H20N4O3. The van der Waals surface area contributed by atoms with Crippen LogP contribution in [0.15, 0.2) is 54.9 Å². The Balaban J connectivity index is 1.69. The molecule has 0 saturated heterocycles. The van der Waals surface area contributed by atoms with Crippen molar-refractivity contribution >= 4 is 11.8 Å². The molecule has 27 heavy (non-hydrogen) atoms. The number of para-hydroxylation sites is 1. The van der Waals surface area contributed by atoms with E-state index in [-0.39, 0.29) is 23.4 Å². The van der Waals surface area contributed by atoms with Crippen molar-refractivity contribution in [2.75, 3.05) is 6.61 Å². The van der Waals surface area contributed by atoms with E-state index in [1.165, 1.54) is 11.0 Å². The third-order valence-corrected chi connectivity index (χ3v) is 4.13. The Morgan fingerprint density at radius 3 is 2.37 bits per heavy atom. The first kappa shape index (κ1) is 18.4. The van der Waals surface area contributed by atoms with Crippen LogP contribution in [0.5, 0.6) is 0 Å². The van der Waals surface area contributed by atoms with Crippen molar-refractivity contribution in [1.82, 2.24) is 20.2 Å². The molecule has 0 atom stereocenters. The number of hydrogen-bond acceptors (Lipinski definition) is 6. The molecule has 0 bridgehead atoms. The number of ketones is 1. The number of Topliss-reactive ketones (excluding diaryl/α,β-unsaturated/α-hetero) is 1. The van der Waals surface area contributed by atoms with Crippen molar-refractivity contribution in [3.8, 4) is 5.69 Å². The van der Waals surface area contributed by atoms with E-state index >= 15 is 0 Å². The van der Waals surface area contributed by atoms with Gasteiger partial charge < -0.3 is 4.74 Å². The molecule has 0 saturated carbocycles. The number of benzene rings is 2. The summed E-state index contributed by atoms with van der Waals surface area (Å²) in [5.74, 6) is -0.871. The molecular weight excluding hydrogens is 344 g/mol. The maximum atomic E-state index is 12.4. The van der Waals surface area contributed by atoms with Crippen molar-refractivity contribution in [3.05, 3.63) is 71.5 Å². The number of carbonyl (C=O) groups is 2. The third-order valence-electron chi connectivity index (χ3n) is 4.13. The van der Waals surface area contributed by atoms with E-state index in [0.29, 0.717) is 11.3 Å². The summed E-state index contributed by atoms with van der Waals surface area (Å²) in [7, 11) is 0. The summed E-state index contributed by atoms with van der Waals surface area (Å²) >= 11 is 0. The Labute approximate surface area is 157 Å². The van der Waals surface area contributed by atoms with Gasteiger partial charge >= 0.3 is 5.97 Å². The molecule has 3 aromatic rings. The van der Waals surface area contributed by atoms with Gasteiger partial charge in [-0.25, -0.2) is 4.79 Å². The van der Waals surface area contributed by atoms with Gasteiger partial charge in [0.1, 0.15) is 6.33 Å². The van der Waals surface area contributed by atoms with Crippen LogP contribution in [0, 0.1) is 0 Å². The van der Waals surface area contributed by atoms with Crippen LogP contribution in [0.2, 0.25) is 0 Å². The SMILES string of the molecule is CC(C)(C)c1ccc(C(=O)COC(=O)c2ccccc2-n2cnnn2)cc1. The molecule has 0 N–H and O–H groups in total. The normalized spacial score (nSPS) is 11.2. The molecule has 0 fully saturated rings. The Morgan fingerprint density at radius 1 is 1.04 bits per heavy atom. The van der Waals surface area contributed by atoms with Crippen molar-refractivity contribution < 1.29 is 14.3 Å². The zero-order valence-electron chi connectivity index (χ0n) is 15.4. The highest BCUT2D eigenvalue weighted by Crippen LogP contribution is 2.22. The molecule has 0 radical (unpaired) electrons. The van der Waals surface area contributed by atoms with E-state index in [1.54, 1.807) is 36.4 Å². The molecule has 7 heteroatoms. The predicted molar refractivity (Wildman–Crippen MR) is 98.9 cm³/mol. The van der Waals surface area contributed by atoms with Crippen molar-refractivity contribution in [3.63, 3.8) is 0 Å². The summed E-state index contributed by atoms with van der Waals surface area (Å²) in [4.78, 5) is 24.8. The quantitative estimate of drug-likeness (QED) is 0.511. The minimum absolute atomic E-state index is 0.00791. The fraction of sp³-hybridized carbons (Fsp3) is 0.250. The summed E-state index contributed by atoms with van der Waals surface area (Å²) in [5, 5.41) is 10.9. The van der Waals surface area contributed by atoms with Crippen LogP contribution in [0.25, 0.3) is 5.69 Å². The van der Waals surface area contributed by atoms with Gasteiger partial charge in [0.2, 0.25) is 0 Å². The molecule has 1 heterocycles. The molecule has 138 valence electrons. The number of aromatic nitrogens is 4. The van der Waals surface area contributed by atoms with Crippen molar-refractivity contribution in [1.29, 1.82) is 0 Å². The fourth-order valence-corrected chi connectivity index (χ4v) is 2.57. The van der Waals surface area contributed by atoms with Gasteiger partial charge in [-0.15, -0.1) is 5.10 Å². The van der Waals surface area contributed by atoms with Gasteiger partial charge in [-0.2, -0.15) is 4.68 Å². The molecule has 0 aliphatic rings.